The lowest BCUT2D eigenvalue weighted by molar-refractivity contribution is -0.131. The van der Waals surface area contributed by atoms with E-state index >= 15 is 0 Å². The Morgan fingerprint density at radius 2 is 2.21 bits per heavy atom. The summed E-state index contributed by atoms with van der Waals surface area (Å²) < 4.78 is 0.759. The second-order valence-corrected chi connectivity index (χ2v) is 4.06. The molecule has 0 atom stereocenters. The molecule has 0 aliphatic carbocycles. The number of hydrogen-bond donors (Lipinski definition) is 1. The summed E-state index contributed by atoms with van der Waals surface area (Å²) >= 11 is 9.14. The van der Waals surface area contributed by atoms with Crippen LogP contribution in [0.2, 0.25) is 5.02 Å². The van der Waals surface area contributed by atoms with Crippen LogP contribution in [0.25, 0.3) is 6.08 Å². The average molecular weight is 276 g/mol. The van der Waals surface area contributed by atoms with Crippen LogP contribution in [-0.2, 0) is 4.79 Å². The maximum Gasteiger partial charge on any atom is 0.328 e. The normalized spacial score (nSPS) is 10.8. The molecule has 0 saturated heterocycles. The van der Waals surface area contributed by atoms with Gasteiger partial charge in [0, 0.05) is 10.5 Å². The summed E-state index contributed by atoms with van der Waals surface area (Å²) in [7, 11) is 0. The van der Waals surface area contributed by atoms with Crippen molar-refractivity contribution in [3.05, 3.63) is 38.8 Å². The van der Waals surface area contributed by atoms with Gasteiger partial charge < -0.3 is 5.11 Å². The van der Waals surface area contributed by atoms with Crippen LogP contribution in [0.15, 0.2) is 22.7 Å². The number of aliphatic carboxylic acids is 1. The van der Waals surface area contributed by atoms with Crippen molar-refractivity contribution in [1.29, 1.82) is 0 Å². The highest BCUT2D eigenvalue weighted by Crippen LogP contribution is 2.26. The molecule has 0 amide bonds. The molecule has 1 rings (SSSR count). The van der Waals surface area contributed by atoms with E-state index in [1.807, 2.05) is 6.92 Å². The zero-order valence-corrected chi connectivity index (χ0v) is 9.76. The summed E-state index contributed by atoms with van der Waals surface area (Å²) in [5.74, 6) is -0.963. The number of hydrogen-bond acceptors (Lipinski definition) is 1. The number of aryl methyl sites for hydroxylation is 1. The minimum absolute atomic E-state index is 0.620. The molecular formula is C10H8BrClO2. The summed E-state index contributed by atoms with van der Waals surface area (Å²) in [6.07, 6.45) is 2.64. The number of carboxylic acid groups (broad SMARTS) is 1. The third kappa shape index (κ3) is 2.86. The van der Waals surface area contributed by atoms with Crippen molar-refractivity contribution in [1.82, 2.24) is 0 Å². The molecule has 1 aromatic rings. The Morgan fingerprint density at radius 3 is 2.79 bits per heavy atom. The van der Waals surface area contributed by atoms with Crippen molar-refractivity contribution in [3.8, 4) is 0 Å². The monoisotopic (exact) mass is 274 g/mol. The van der Waals surface area contributed by atoms with E-state index in [0.29, 0.717) is 5.02 Å². The molecule has 2 nitrogen and oxygen atoms in total. The Labute approximate surface area is 95.3 Å². The summed E-state index contributed by atoms with van der Waals surface area (Å²) in [4.78, 5) is 10.3. The van der Waals surface area contributed by atoms with Crippen LogP contribution >= 0.6 is 27.5 Å². The van der Waals surface area contributed by atoms with Gasteiger partial charge in [0.1, 0.15) is 0 Å². The molecule has 0 heterocycles. The standard InChI is InChI=1S/C10H8BrClO2/c1-6-4-9(12)8(11)5-7(6)2-3-10(13)14/h2-5H,1H3,(H,13,14)/b3-2+. The lowest BCUT2D eigenvalue weighted by atomic mass is 10.1. The summed E-state index contributed by atoms with van der Waals surface area (Å²) in [6.45, 7) is 1.87. The van der Waals surface area contributed by atoms with Gasteiger partial charge in [0.2, 0.25) is 0 Å². The van der Waals surface area contributed by atoms with E-state index in [1.54, 1.807) is 18.2 Å². The molecule has 0 saturated carbocycles. The summed E-state index contributed by atoms with van der Waals surface area (Å²) in [5, 5.41) is 9.09. The first kappa shape index (κ1) is 11.3. The molecule has 14 heavy (non-hydrogen) atoms. The molecule has 0 aliphatic rings. The zero-order chi connectivity index (χ0) is 10.7. The minimum atomic E-state index is -0.963. The predicted octanol–water partition coefficient (Wildman–Crippen LogP) is 3.51. The molecule has 0 radical (unpaired) electrons. The third-order valence-corrected chi connectivity index (χ3v) is 2.91. The van der Waals surface area contributed by atoms with Gasteiger partial charge in [-0.25, -0.2) is 4.79 Å². The summed E-state index contributed by atoms with van der Waals surface area (Å²) in [6, 6.07) is 3.57. The maximum absolute atomic E-state index is 10.3. The van der Waals surface area contributed by atoms with Crippen LogP contribution in [0.1, 0.15) is 11.1 Å². The van der Waals surface area contributed by atoms with E-state index < -0.39 is 5.97 Å². The second-order valence-electron chi connectivity index (χ2n) is 2.79. The van der Waals surface area contributed by atoms with Gasteiger partial charge in [-0.05, 0) is 52.2 Å². The Kier molecular flexibility index (Phi) is 3.72. The van der Waals surface area contributed by atoms with Gasteiger partial charge in [-0.3, -0.25) is 0 Å². The van der Waals surface area contributed by atoms with Crippen molar-refractivity contribution in [2.24, 2.45) is 0 Å². The quantitative estimate of drug-likeness (QED) is 0.839. The molecule has 0 unspecified atom stereocenters. The van der Waals surface area contributed by atoms with E-state index in [9.17, 15) is 4.79 Å². The fourth-order valence-corrected chi connectivity index (χ4v) is 1.58. The molecule has 1 N–H and O–H groups in total. The highest BCUT2D eigenvalue weighted by molar-refractivity contribution is 9.10. The number of benzene rings is 1. The van der Waals surface area contributed by atoms with Gasteiger partial charge in [-0.2, -0.15) is 0 Å². The molecule has 0 aromatic heterocycles. The van der Waals surface area contributed by atoms with Crippen LogP contribution in [0.5, 0.6) is 0 Å². The second kappa shape index (κ2) is 4.62. The SMILES string of the molecule is Cc1cc(Cl)c(Br)cc1/C=C/C(=O)O. The minimum Gasteiger partial charge on any atom is -0.478 e. The van der Waals surface area contributed by atoms with Crippen LogP contribution in [0.4, 0.5) is 0 Å². The fourth-order valence-electron chi connectivity index (χ4n) is 1.00. The van der Waals surface area contributed by atoms with Crippen LogP contribution in [0.3, 0.4) is 0 Å². The Balaban J connectivity index is 3.10. The van der Waals surface area contributed by atoms with Gasteiger partial charge in [0.25, 0.3) is 0 Å². The van der Waals surface area contributed by atoms with Gasteiger partial charge in [0.05, 0.1) is 5.02 Å². The summed E-state index contributed by atoms with van der Waals surface area (Å²) in [5.41, 5.74) is 1.78. The smallest absolute Gasteiger partial charge is 0.328 e. The van der Waals surface area contributed by atoms with Crippen LogP contribution < -0.4 is 0 Å². The number of rotatable bonds is 2. The van der Waals surface area contributed by atoms with Gasteiger partial charge in [0.15, 0.2) is 0 Å². The lowest BCUT2D eigenvalue weighted by Gasteiger charge is -2.02. The van der Waals surface area contributed by atoms with Crippen molar-refractivity contribution < 1.29 is 9.90 Å². The fraction of sp³-hybridized carbons (Fsp3) is 0.100. The van der Waals surface area contributed by atoms with E-state index in [1.165, 1.54) is 0 Å². The lowest BCUT2D eigenvalue weighted by Crippen LogP contribution is -1.87. The van der Waals surface area contributed by atoms with Crippen LogP contribution in [0, 0.1) is 6.92 Å². The average Bonchev–Trinajstić information content (AvgIpc) is 2.09. The molecule has 4 heteroatoms. The predicted molar refractivity (Wildman–Crippen MR) is 60.6 cm³/mol. The van der Waals surface area contributed by atoms with E-state index in [4.69, 9.17) is 16.7 Å². The van der Waals surface area contributed by atoms with Gasteiger partial charge in [-0.15, -0.1) is 0 Å². The first-order chi connectivity index (χ1) is 6.50. The number of halogens is 2. The molecule has 0 fully saturated rings. The third-order valence-electron chi connectivity index (χ3n) is 1.71. The Hall–Kier alpha value is -0.800. The molecule has 0 bridgehead atoms. The van der Waals surface area contributed by atoms with Gasteiger partial charge >= 0.3 is 5.97 Å². The largest absolute Gasteiger partial charge is 0.478 e. The number of carbonyl (C=O) groups is 1. The number of carboxylic acids is 1. The molecule has 74 valence electrons. The highest BCUT2D eigenvalue weighted by Gasteiger charge is 2.01. The van der Waals surface area contributed by atoms with E-state index in [2.05, 4.69) is 15.9 Å². The van der Waals surface area contributed by atoms with E-state index in [0.717, 1.165) is 21.7 Å². The van der Waals surface area contributed by atoms with Crippen molar-refractivity contribution >= 4 is 39.6 Å². The Morgan fingerprint density at radius 1 is 1.57 bits per heavy atom. The first-order valence-corrected chi connectivity index (χ1v) is 5.04. The topological polar surface area (TPSA) is 37.3 Å². The van der Waals surface area contributed by atoms with E-state index in [-0.39, 0.29) is 0 Å². The van der Waals surface area contributed by atoms with Crippen LogP contribution in [-0.4, -0.2) is 11.1 Å². The van der Waals surface area contributed by atoms with Crippen molar-refractivity contribution in [3.63, 3.8) is 0 Å². The zero-order valence-electron chi connectivity index (χ0n) is 7.42. The molecular weight excluding hydrogens is 267 g/mol. The molecule has 1 aromatic carbocycles. The first-order valence-electron chi connectivity index (χ1n) is 3.87. The van der Waals surface area contributed by atoms with Crippen molar-refractivity contribution in [2.75, 3.05) is 0 Å². The Bertz CT molecular complexity index is 399. The van der Waals surface area contributed by atoms with Crippen molar-refractivity contribution in [2.45, 2.75) is 6.92 Å². The van der Waals surface area contributed by atoms with Gasteiger partial charge in [-0.1, -0.05) is 11.6 Å². The molecule has 0 spiro atoms. The highest BCUT2D eigenvalue weighted by atomic mass is 79.9. The molecule has 0 aliphatic heterocycles. The maximum atomic E-state index is 10.3.